The van der Waals surface area contributed by atoms with Crippen molar-refractivity contribution < 1.29 is 43.2 Å². The summed E-state index contributed by atoms with van der Waals surface area (Å²) >= 11 is 0. The van der Waals surface area contributed by atoms with Crippen LogP contribution in [0, 0.1) is 0 Å². The highest BCUT2D eigenvalue weighted by molar-refractivity contribution is 5.82. The number of ether oxygens (including phenoxy) is 4. The average Bonchev–Trinajstić information content (AvgIpc) is 3.01. The van der Waals surface area contributed by atoms with Gasteiger partial charge in [-0.3, -0.25) is 0 Å². The molecule has 0 radical (unpaired) electrons. The number of aliphatic hydroxyl groups excluding tert-OH is 1. The van der Waals surface area contributed by atoms with Gasteiger partial charge in [0.05, 0.1) is 26.4 Å². The van der Waals surface area contributed by atoms with Gasteiger partial charge in [0.25, 0.3) is 0 Å². The molecule has 11 nitrogen and oxygen atoms in total. The van der Waals surface area contributed by atoms with Crippen LogP contribution in [-0.2, 0) is 38.1 Å². The van der Waals surface area contributed by atoms with Crippen molar-refractivity contribution in [2.24, 2.45) is 11.5 Å². The quantitative estimate of drug-likeness (QED) is 0.0706. The van der Waals surface area contributed by atoms with Crippen LogP contribution >= 0.6 is 0 Å². The first-order chi connectivity index (χ1) is 20.2. The van der Waals surface area contributed by atoms with E-state index >= 15 is 0 Å². The number of carbonyl (C=O) groups excluding carboxylic acids is 4. The molecule has 11 heteroatoms. The molecule has 0 amide bonds. The third-order valence-electron chi connectivity index (χ3n) is 4.64. The zero-order chi connectivity index (χ0) is 32.7. The maximum Gasteiger partial charge on any atom is 0.330 e. The normalized spacial score (nSPS) is 9.05. The van der Waals surface area contributed by atoms with Gasteiger partial charge in [0.1, 0.15) is 0 Å². The average molecular weight is 601 g/mol. The largest absolute Gasteiger partial charge is 0.463 e. The molecule has 0 aliphatic heterocycles. The minimum atomic E-state index is -0.437. The van der Waals surface area contributed by atoms with Gasteiger partial charge in [-0.2, -0.15) is 0 Å². The Labute approximate surface area is 253 Å². The molecule has 0 aliphatic carbocycles. The topological polar surface area (TPSA) is 177 Å². The Morgan fingerprint density at radius 2 is 0.810 bits per heavy atom. The molecule has 0 rings (SSSR count). The lowest BCUT2D eigenvalue weighted by molar-refractivity contribution is -0.140. The number of hydrogen-bond acceptors (Lipinski definition) is 11. The zero-order valence-electron chi connectivity index (χ0n) is 25.7. The second-order valence-electron chi connectivity index (χ2n) is 8.32. The van der Waals surface area contributed by atoms with E-state index < -0.39 is 23.9 Å². The summed E-state index contributed by atoms with van der Waals surface area (Å²) in [7, 11) is 0. The smallest absolute Gasteiger partial charge is 0.330 e. The highest BCUT2D eigenvalue weighted by atomic mass is 16.5. The molecule has 0 atom stereocenters. The maximum absolute atomic E-state index is 10.6. The number of unbranched alkanes of at least 4 members (excludes halogenated alkanes) is 7. The molecule has 0 saturated heterocycles. The minimum Gasteiger partial charge on any atom is -0.463 e. The molecule has 0 saturated carbocycles. The summed E-state index contributed by atoms with van der Waals surface area (Å²) in [4.78, 5) is 42.3. The fourth-order valence-electron chi connectivity index (χ4n) is 2.34. The molecule has 5 N–H and O–H groups in total. The van der Waals surface area contributed by atoms with Crippen molar-refractivity contribution >= 4 is 23.9 Å². The van der Waals surface area contributed by atoms with Crippen LogP contribution < -0.4 is 11.5 Å². The first kappa shape index (κ1) is 45.7. The third kappa shape index (κ3) is 49.6. The van der Waals surface area contributed by atoms with Crippen LogP contribution in [0.1, 0.15) is 77.6 Å². The Balaban J connectivity index is -0.000000246. The Morgan fingerprint density at radius 1 is 0.524 bits per heavy atom. The van der Waals surface area contributed by atoms with E-state index in [1.807, 2.05) is 0 Å². The van der Waals surface area contributed by atoms with Gasteiger partial charge in [-0.25, -0.2) is 19.2 Å². The SMILES string of the molecule is C=CC(=O)OCCCCCOC(=O)C=C.C=CC(=O)OCCCCOC(=O)C=C.CCCCCCN.NCCCCO. The fourth-order valence-corrected chi connectivity index (χ4v) is 2.34. The van der Waals surface area contributed by atoms with Crippen molar-refractivity contribution in [2.75, 3.05) is 46.1 Å². The van der Waals surface area contributed by atoms with Crippen LogP contribution in [0.3, 0.4) is 0 Å². The first-order valence-electron chi connectivity index (χ1n) is 14.4. The van der Waals surface area contributed by atoms with Gasteiger partial charge in [-0.05, 0) is 64.5 Å². The monoisotopic (exact) mass is 600 g/mol. The molecule has 0 fully saturated rings. The Kier molecular flexibility index (Phi) is 45.9. The number of carbonyl (C=O) groups is 4. The number of esters is 4. The highest BCUT2D eigenvalue weighted by Gasteiger charge is 1.98. The van der Waals surface area contributed by atoms with E-state index in [-0.39, 0.29) is 6.61 Å². The standard InChI is InChI=1S/C11H16O4.C10H14O4.C6H15N.C4H11NO/c1-3-10(12)14-8-6-5-7-9-15-11(13)4-2;1-3-9(11)13-7-5-6-8-14-10(12)4-2;1-2-3-4-5-6-7;5-3-1-2-4-6/h3-4H,1-2,5-9H2;3-4H,1-2,5-8H2;2-7H2,1H3;6H,1-5H2. The van der Waals surface area contributed by atoms with Crippen LogP contribution in [0.25, 0.3) is 0 Å². The van der Waals surface area contributed by atoms with Crippen LogP contribution in [0.15, 0.2) is 50.6 Å². The van der Waals surface area contributed by atoms with Gasteiger partial charge in [0.15, 0.2) is 0 Å². The fraction of sp³-hybridized carbons (Fsp3) is 0.613. The molecule has 0 heterocycles. The summed E-state index contributed by atoms with van der Waals surface area (Å²) in [5, 5.41) is 8.14. The van der Waals surface area contributed by atoms with Crippen molar-refractivity contribution in [1.29, 1.82) is 0 Å². The van der Waals surface area contributed by atoms with E-state index in [0.717, 1.165) is 63.0 Å². The summed E-state index contributed by atoms with van der Waals surface area (Å²) in [6.45, 7) is 18.5. The van der Waals surface area contributed by atoms with Crippen molar-refractivity contribution in [2.45, 2.75) is 77.6 Å². The number of rotatable bonds is 22. The van der Waals surface area contributed by atoms with Crippen molar-refractivity contribution in [3.8, 4) is 0 Å². The number of nitrogens with two attached hydrogens (primary N) is 2. The van der Waals surface area contributed by atoms with E-state index in [9.17, 15) is 19.2 Å². The number of aliphatic hydroxyl groups is 1. The lowest BCUT2D eigenvalue weighted by atomic mass is 10.2. The van der Waals surface area contributed by atoms with E-state index in [4.69, 9.17) is 35.5 Å². The van der Waals surface area contributed by atoms with Gasteiger partial charge in [-0.1, -0.05) is 52.5 Å². The van der Waals surface area contributed by atoms with E-state index in [1.54, 1.807) is 0 Å². The molecule has 0 aromatic carbocycles. The van der Waals surface area contributed by atoms with Gasteiger partial charge in [0, 0.05) is 30.9 Å². The summed E-state index contributed by atoms with van der Waals surface area (Å²) in [6.07, 6.45) is 15.1. The summed E-state index contributed by atoms with van der Waals surface area (Å²) < 4.78 is 18.9. The van der Waals surface area contributed by atoms with Crippen molar-refractivity contribution in [3.05, 3.63) is 50.6 Å². The van der Waals surface area contributed by atoms with Gasteiger partial charge >= 0.3 is 23.9 Å². The first-order valence-corrected chi connectivity index (χ1v) is 14.4. The summed E-state index contributed by atoms with van der Waals surface area (Å²) in [6, 6.07) is 0. The van der Waals surface area contributed by atoms with Gasteiger partial charge in [-0.15, -0.1) is 0 Å². The molecule has 244 valence electrons. The zero-order valence-corrected chi connectivity index (χ0v) is 25.7. The van der Waals surface area contributed by atoms with Crippen molar-refractivity contribution in [3.63, 3.8) is 0 Å². The predicted octanol–water partition coefficient (Wildman–Crippen LogP) is 4.08. The van der Waals surface area contributed by atoms with Gasteiger partial charge < -0.3 is 35.5 Å². The molecule has 0 spiro atoms. The molecular weight excluding hydrogens is 544 g/mol. The molecule has 0 bridgehead atoms. The lowest BCUT2D eigenvalue weighted by Crippen LogP contribution is -2.05. The number of hydrogen-bond donors (Lipinski definition) is 3. The van der Waals surface area contributed by atoms with Crippen LogP contribution in [-0.4, -0.2) is 75.1 Å². The van der Waals surface area contributed by atoms with Gasteiger partial charge in [0.2, 0.25) is 0 Å². The Hall–Kier alpha value is -3.28. The van der Waals surface area contributed by atoms with E-state index in [0.29, 0.717) is 45.8 Å². The maximum atomic E-state index is 10.6. The molecular formula is C31H56N2O9. The van der Waals surface area contributed by atoms with Crippen LogP contribution in [0.4, 0.5) is 0 Å². The van der Waals surface area contributed by atoms with Crippen LogP contribution in [0.5, 0.6) is 0 Å². The highest BCUT2D eigenvalue weighted by Crippen LogP contribution is 1.98. The minimum absolute atomic E-state index is 0.275. The summed E-state index contributed by atoms with van der Waals surface area (Å²) in [5.74, 6) is -1.69. The van der Waals surface area contributed by atoms with E-state index in [2.05, 4.69) is 33.2 Å². The molecule has 0 aromatic rings. The van der Waals surface area contributed by atoms with Crippen LogP contribution in [0.2, 0.25) is 0 Å². The molecule has 0 unspecified atom stereocenters. The third-order valence-corrected chi connectivity index (χ3v) is 4.64. The summed E-state index contributed by atoms with van der Waals surface area (Å²) in [5.41, 5.74) is 10.4. The Morgan fingerprint density at radius 3 is 1.05 bits per heavy atom. The molecule has 0 aromatic heterocycles. The molecule has 0 aliphatic rings. The Bertz CT molecular complexity index is 642. The second-order valence-corrected chi connectivity index (χ2v) is 8.32. The van der Waals surface area contributed by atoms with E-state index in [1.165, 1.54) is 25.7 Å². The lowest BCUT2D eigenvalue weighted by Gasteiger charge is -2.02. The van der Waals surface area contributed by atoms with Crippen molar-refractivity contribution in [1.82, 2.24) is 0 Å². The molecule has 42 heavy (non-hydrogen) atoms. The second kappa shape index (κ2) is 42.2. The predicted molar refractivity (Wildman–Crippen MR) is 166 cm³/mol.